The zero-order chi connectivity index (χ0) is 44.3. The predicted octanol–water partition coefficient (Wildman–Crippen LogP) is 5.98. The molecule has 4 aliphatic rings. The number of methoxy groups -OCH3 is 3. The van der Waals surface area contributed by atoms with Crippen molar-refractivity contribution in [2.75, 3.05) is 40.1 Å². The van der Waals surface area contributed by atoms with Gasteiger partial charge >= 0.3 is 5.97 Å². The first-order chi connectivity index (χ1) is 28.5. The van der Waals surface area contributed by atoms with Crippen LogP contribution in [0.5, 0.6) is 0 Å². The summed E-state index contributed by atoms with van der Waals surface area (Å²) in [7, 11) is 4.74. The van der Waals surface area contributed by atoms with Crippen molar-refractivity contribution in [1.82, 2.24) is 4.90 Å². The minimum absolute atomic E-state index is 0.0150. The number of piperidine rings is 1. The van der Waals surface area contributed by atoms with Crippen molar-refractivity contribution in [3.05, 3.63) is 36.0 Å². The van der Waals surface area contributed by atoms with Crippen molar-refractivity contribution < 1.29 is 57.8 Å². The highest BCUT2D eigenvalue weighted by Crippen LogP contribution is 2.39. The van der Waals surface area contributed by atoms with E-state index in [1.165, 1.54) is 19.1 Å². The van der Waals surface area contributed by atoms with Crippen LogP contribution in [0.15, 0.2) is 36.0 Å². The number of fused-ring (bicyclic) bond motifs is 3. The first-order valence-electron chi connectivity index (χ1n) is 21.8. The molecule has 14 heteroatoms. The highest BCUT2D eigenvalue weighted by Gasteiger charge is 2.56. The fourth-order valence-electron chi connectivity index (χ4n) is 9.75. The van der Waals surface area contributed by atoms with E-state index in [9.17, 15) is 29.4 Å². The maximum absolute atomic E-state index is 14.4. The van der Waals surface area contributed by atoms with Gasteiger partial charge in [0.1, 0.15) is 24.0 Å². The van der Waals surface area contributed by atoms with Crippen LogP contribution < -0.4 is 0 Å². The summed E-state index contributed by atoms with van der Waals surface area (Å²) in [6.07, 6.45) is 8.47. The molecule has 1 aliphatic carbocycles. The van der Waals surface area contributed by atoms with Gasteiger partial charge in [0.05, 0.1) is 36.5 Å². The summed E-state index contributed by atoms with van der Waals surface area (Å²) in [4.78, 5) is 58.2. The lowest BCUT2D eigenvalue weighted by Gasteiger charge is -2.47. The molecule has 2 bridgehead atoms. The molecule has 13 nitrogen and oxygen atoms in total. The van der Waals surface area contributed by atoms with Crippen LogP contribution in [0.2, 0.25) is 0 Å². The highest BCUT2D eigenvalue weighted by atomic mass is 32.2. The molecule has 0 radical (unpaired) electrons. The van der Waals surface area contributed by atoms with Gasteiger partial charge in [-0.15, -0.1) is 18.3 Å². The van der Waals surface area contributed by atoms with Gasteiger partial charge in [0.15, 0.2) is 0 Å². The summed E-state index contributed by atoms with van der Waals surface area (Å²) in [5, 5.41) is 23.9. The molecule has 3 fully saturated rings. The topological polar surface area (TPSA) is 167 Å². The summed E-state index contributed by atoms with van der Waals surface area (Å²) in [5.41, 5.74) is 1.67. The van der Waals surface area contributed by atoms with E-state index in [0.717, 1.165) is 18.4 Å². The smallest absolute Gasteiger partial charge is 0.329 e. The van der Waals surface area contributed by atoms with E-state index in [1.807, 2.05) is 33.1 Å². The molecular formula is C46H73NO12S. The van der Waals surface area contributed by atoms with Crippen molar-refractivity contribution in [1.29, 1.82) is 0 Å². The lowest BCUT2D eigenvalue weighted by molar-refractivity contribution is -0.302. The Bertz CT molecular complexity index is 1540. The lowest BCUT2D eigenvalue weighted by atomic mass is 9.81. The summed E-state index contributed by atoms with van der Waals surface area (Å²) in [5.74, 6) is -7.01. The number of nitrogens with zero attached hydrogens (tertiary/aromatic N) is 1. The van der Waals surface area contributed by atoms with E-state index >= 15 is 0 Å². The second-order valence-electron chi connectivity index (χ2n) is 17.8. The van der Waals surface area contributed by atoms with Gasteiger partial charge < -0.3 is 43.5 Å². The number of thioether (sulfide) groups is 1. The summed E-state index contributed by atoms with van der Waals surface area (Å²) in [6.45, 7) is 13.3. The molecule has 1 saturated carbocycles. The molecule has 0 unspecified atom stereocenters. The van der Waals surface area contributed by atoms with E-state index in [1.54, 1.807) is 38.8 Å². The number of allylic oxidation sites excluding steroid dienone is 4. The Morgan fingerprint density at radius 3 is 2.30 bits per heavy atom. The number of hydrogen-bond donors (Lipinski definition) is 2. The molecule has 2 saturated heterocycles. The van der Waals surface area contributed by atoms with E-state index in [4.69, 9.17) is 28.4 Å². The number of hydrogen-bond acceptors (Lipinski definition) is 13. The number of esters is 1. The molecule has 0 aromatic rings. The van der Waals surface area contributed by atoms with Crippen LogP contribution in [0, 0.1) is 29.6 Å². The molecule has 1 amide bonds. The first kappa shape index (κ1) is 50.2. The second kappa shape index (κ2) is 23.3. The maximum Gasteiger partial charge on any atom is 0.329 e. The van der Waals surface area contributed by atoms with E-state index in [2.05, 4.69) is 12.7 Å². The van der Waals surface area contributed by atoms with Gasteiger partial charge in [-0.3, -0.25) is 14.4 Å². The largest absolute Gasteiger partial charge is 0.456 e. The number of aliphatic hydroxyl groups is 2. The predicted molar refractivity (Wildman–Crippen MR) is 230 cm³/mol. The molecule has 340 valence electrons. The minimum atomic E-state index is -2.50. The number of rotatable bonds is 10. The lowest BCUT2D eigenvalue weighted by Crippen LogP contribution is -2.64. The highest BCUT2D eigenvalue weighted by molar-refractivity contribution is 7.98. The molecule has 0 aromatic carbocycles. The summed E-state index contributed by atoms with van der Waals surface area (Å²) in [6, 6.07) is -1.13. The Kier molecular flexibility index (Phi) is 19.5. The van der Waals surface area contributed by atoms with Crippen LogP contribution >= 0.6 is 11.8 Å². The fourth-order valence-corrected chi connectivity index (χ4v) is 10.1. The minimum Gasteiger partial charge on any atom is -0.456 e. The number of amides is 1. The van der Waals surface area contributed by atoms with Crippen LogP contribution in [0.25, 0.3) is 0 Å². The second-order valence-corrected chi connectivity index (χ2v) is 18.6. The number of ketones is 2. The standard InChI is InChI=1S/C46H73NO12S/c1-11-14-33-20-27(2)19-28(3)21-39(55-8)42-40(56-9)23-30(5)46(53,59-42)43(50)44(51)47-18-13-12-15-34(47)45(52)58-41(31(6)35(48)25-36(33)49)29(4)22-32-16-17-37(57-26-60-10)38(24-32)54-7/h11,20,22,28,30-35,37-42,48,53H,1,12-19,21,23-26H2,2-10H3/b27-20+,29-22+/t28-,30+,31+,32-,33+,34-,35-,37+,38+,39-,40-,41+,42+,46+/m0/s1. The molecular weight excluding hydrogens is 791 g/mol. The van der Waals surface area contributed by atoms with Crippen LogP contribution in [0.1, 0.15) is 105 Å². The molecule has 0 aromatic heterocycles. The Morgan fingerprint density at radius 1 is 0.967 bits per heavy atom. The van der Waals surface area contributed by atoms with Gasteiger partial charge in [0.2, 0.25) is 5.79 Å². The van der Waals surface area contributed by atoms with Crippen molar-refractivity contribution in [3.63, 3.8) is 0 Å². The number of carbonyl (C=O) groups excluding carboxylic acids is 4. The van der Waals surface area contributed by atoms with E-state index in [-0.39, 0.29) is 55.6 Å². The summed E-state index contributed by atoms with van der Waals surface area (Å²) >= 11 is 1.61. The van der Waals surface area contributed by atoms with Gasteiger partial charge in [-0.2, -0.15) is 0 Å². The zero-order valence-corrected chi connectivity index (χ0v) is 38.3. The maximum atomic E-state index is 14.4. The molecule has 14 atom stereocenters. The van der Waals surface area contributed by atoms with Crippen molar-refractivity contribution >= 4 is 35.2 Å². The third-order valence-electron chi connectivity index (χ3n) is 13.2. The zero-order valence-electron chi connectivity index (χ0n) is 37.5. The average molecular weight is 864 g/mol. The fraction of sp³-hybridized carbons (Fsp3) is 0.783. The van der Waals surface area contributed by atoms with E-state index in [0.29, 0.717) is 50.0 Å². The van der Waals surface area contributed by atoms with Gasteiger partial charge in [-0.05, 0) is 102 Å². The quantitative estimate of drug-likeness (QED) is 0.114. The summed E-state index contributed by atoms with van der Waals surface area (Å²) < 4.78 is 36.2. The Hall–Kier alpha value is -2.43. The number of ether oxygens (including phenoxy) is 6. The SMILES string of the molecule is C=CC[C@@H]1/C=C(\C)C[C@H](C)C[C@H](OC)[C@H]2O[C@@](O)(C(=O)C(=O)N3CCCC[C@H]3C(=O)O[C@H](/C(C)=C/[C@@H]3CC[C@@H](OCSC)[C@H](OC)C3)[C@H](C)[C@@H](O)CC1=O)[C@H](C)C[C@@H]2OC. The number of aliphatic hydroxyl groups excluding tert-OH is 1. The molecule has 60 heavy (non-hydrogen) atoms. The van der Waals surface area contributed by atoms with Gasteiger partial charge in [-0.25, -0.2) is 4.79 Å². The molecule has 3 aliphatic heterocycles. The number of Topliss-reactive ketones (excluding diaryl/α,β-unsaturated/α-hetero) is 2. The van der Waals surface area contributed by atoms with Gasteiger partial charge in [0, 0.05) is 52.0 Å². The van der Waals surface area contributed by atoms with Crippen LogP contribution in [0.3, 0.4) is 0 Å². The Labute approximate surface area is 362 Å². The third kappa shape index (κ3) is 12.4. The van der Waals surface area contributed by atoms with Crippen LogP contribution in [-0.2, 0) is 47.6 Å². The molecule has 0 spiro atoms. The molecule has 4 rings (SSSR count). The molecule has 3 heterocycles. The van der Waals surface area contributed by atoms with Crippen LogP contribution in [-0.4, -0.2) is 133 Å². The average Bonchev–Trinajstić information content (AvgIpc) is 3.23. The van der Waals surface area contributed by atoms with Gasteiger partial charge in [0.25, 0.3) is 11.7 Å². The Morgan fingerprint density at radius 2 is 1.65 bits per heavy atom. The van der Waals surface area contributed by atoms with Crippen molar-refractivity contribution in [2.24, 2.45) is 29.6 Å². The molecule has 2 N–H and O–H groups in total. The van der Waals surface area contributed by atoms with E-state index < -0.39 is 77.8 Å². The third-order valence-corrected chi connectivity index (χ3v) is 13.6. The van der Waals surface area contributed by atoms with Crippen molar-refractivity contribution in [3.8, 4) is 0 Å². The number of cyclic esters (lactones) is 1. The van der Waals surface area contributed by atoms with Crippen LogP contribution in [0.4, 0.5) is 0 Å². The first-order valence-corrected chi connectivity index (χ1v) is 23.2. The van der Waals surface area contributed by atoms with Crippen molar-refractivity contribution in [2.45, 2.75) is 160 Å². The van der Waals surface area contributed by atoms with Gasteiger partial charge in [-0.1, -0.05) is 44.6 Å². The Balaban J connectivity index is 1.76. The number of carbonyl (C=O) groups is 4. The normalized spacial score (nSPS) is 39.5. The monoisotopic (exact) mass is 863 g/mol.